The zero-order valence-corrected chi connectivity index (χ0v) is 21.3. The van der Waals surface area contributed by atoms with Crippen LogP contribution in [0.15, 0.2) is 42.0 Å². The van der Waals surface area contributed by atoms with Crippen molar-refractivity contribution >= 4 is 5.78 Å². The lowest BCUT2D eigenvalue weighted by atomic mass is 9.79. The molecule has 0 saturated carbocycles. The number of aliphatic hydroxyl groups excluding tert-OH is 1. The Morgan fingerprint density at radius 2 is 1.38 bits per heavy atom. The van der Waals surface area contributed by atoms with Crippen molar-refractivity contribution in [3.8, 4) is 46.0 Å². The molecule has 0 aromatic heterocycles. The van der Waals surface area contributed by atoms with Crippen LogP contribution in [0.3, 0.4) is 0 Å². The van der Waals surface area contributed by atoms with Gasteiger partial charge in [-0.2, -0.15) is 0 Å². The standard InChI is InChI=1S/C29H22O13/c30-9-1-15(32)11-5-18(35)27(40-19(11)3-9)14-8-22(36)28(38)24-23-13(6-17(34)25(24)37)26-21(41-29(14,23)42-28)7-12-16(33)2-10(31)4-20(12)39-26/h1-4,6,8,18,21,26-27,30-35,37-38H,5,7H2. The van der Waals surface area contributed by atoms with Crippen LogP contribution in [0.2, 0.25) is 0 Å². The molecule has 13 heteroatoms. The van der Waals surface area contributed by atoms with Crippen LogP contribution in [0.4, 0.5) is 0 Å². The van der Waals surface area contributed by atoms with Gasteiger partial charge in [0.15, 0.2) is 23.7 Å². The van der Waals surface area contributed by atoms with Crippen molar-refractivity contribution in [2.45, 2.75) is 48.8 Å². The number of phenolic OH excluding ortho intramolecular Hbond substituents is 6. The molecule has 3 aromatic rings. The zero-order chi connectivity index (χ0) is 29.5. The van der Waals surface area contributed by atoms with E-state index in [0.717, 1.165) is 18.2 Å². The minimum absolute atomic E-state index is 0.00799. The van der Waals surface area contributed by atoms with Crippen molar-refractivity contribution in [2.75, 3.05) is 0 Å². The summed E-state index contributed by atoms with van der Waals surface area (Å²) in [7, 11) is 0. The summed E-state index contributed by atoms with van der Waals surface area (Å²) < 4.78 is 24.6. The minimum Gasteiger partial charge on any atom is -0.508 e. The summed E-state index contributed by atoms with van der Waals surface area (Å²) in [5.41, 5.74) is 0.0553. The third kappa shape index (κ3) is 2.97. The van der Waals surface area contributed by atoms with Gasteiger partial charge in [-0.1, -0.05) is 0 Å². The van der Waals surface area contributed by atoms with Crippen LogP contribution in [-0.4, -0.2) is 64.9 Å². The number of fused-ring (bicyclic) bond motifs is 6. The van der Waals surface area contributed by atoms with E-state index in [1.807, 2.05) is 0 Å². The number of ketones is 1. The third-order valence-corrected chi connectivity index (χ3v) is 8.55. The van der Waals surface area contributed by atoms with E-state index in [-0.39, 0.29) is 75.2 Å². The number of ether oxygens (including phenoxy) is 4. The Morgan fingerprint density at radius 3 is 2.05 bits per heavy atom. The number of aliphatic hydroxyl groups is 2. The van der Waals surface area contributed by atoms with E-state index in [2.05, 4.69) is 0 Å². The van der Waals surface area contributed by atoms with Crippen LogP contribution in [0, 0.1) is 0 Å². The van der Waals surface area contributed by atoms with Gasteiger partial charge in [0.1, 0.15) is 40.6 Å². The van der Waals surface area contributed by atoms with Gasteiger partial charge in [-0.05, 0) is 12.1 Å². The maximum atomic E-state index is 13.5. The molecular weight excluding hydrogens is 556 g/mol. The number of rotatable bonds is 1. The highest BCUT2D eigenvalue weighted by molar-refractivity contribution is 6.01. The molecule has 2 bridgehead atoms. The van der Waals surface area contributed by atoms with E-state index >= 15 is 0 Å². The molecular formula is C29H22O13. The molecule has 6 atom stereocenters. The number of hydrogen-bond acceptors (Lipinski definition) is 13. The fourth-order valence-corrected chi connectivity index (χ4v) is 6.79. The van der Waals surface area contributed by atoms with Gasteiger partial charge in [0, 0.05) is 64.9 Å². The number of carbonyl (C=O) groups is 1. The first-order chi connectivity index (χ1) is 19.9. The molecule has 0 aliphatic carbocycles. The quantitative estimate of drug-likeness (QED) is 0.191. The van der Waals surface area contributed by atoms with Crippen molar-refractivity contribution in [3.63, 3.8) is 0 Å². The maximum absolute atomic E-state index is 13.5. The second-order valence-electron chi connectivity index (χ2n) is 11.0. The number of hydrogen-bond donors (Lipinski definition) is 8. The highest BCUT2D eigenvalue weighted by Crippen LogP contribution is 2.65. The fourth-order valence-electron chi connectivity index (χ4n) is 6.79. The first kappa shape index (κ1) is 25.1. The first-order valence-electron chi connectivity index (χ1n) is 13.0. The zero-order valence-electron chi connectivity index (χ0n) is 21.3. The van der Waals surface area contributed by atoms with Gasteiger partial charge in [0.2, 0.25) is 11.6 Å². The summed E-state index contributed by atoms with van der Waals surface area (Å²) in [4.78, 5) is 13.5. The molecule has 13 nitrogen and oxygen atoms in total. The lowest BCUT2D eigenvalue weighted by Crippen LogP contribution is -2.55. The van der Waals surface area contributed by atoms with E-state index in [4.69, 9.17) is 18.9 Å². The molecule has 1 spiro atoms. The molecule has 8 rings (SSSR count). The predicted octanol–water partition coefficient (Wildman–Crippen LogP) is 1.20. The summed E-state index contributed by atoms with van der Waals surface area (Å²) in [6, 6.07) is 5.93. The topological polar surface area (TPSA) is 216 Å². The Labute approximate surface area is 235 Å². The lowest BCUT2D eigenvalue weighted by molar-refractivity contribution is -0.341. The SMILES string of the molecule is O=C1C=C(C2Oc3cc(O)cc(O)c3CC2O)C23OC4Cc5c(O)cc(O)cc5OC4c4cc(O)c(O)c(c42)C1(O)O3. The van der Waals surface area contributed by atoms with Gasteiger partial charge in [-0.3, -0.25) is 9.53 Å². The van der Waals surface area contributed by atoms with Crippen molar-refractivity contribution in [1.29, 1.82) is 0 Å². The molecule has 5 aliphatic rings. The first-order valence-corrected chi connectivity index (χ1v) is 13.0. The van der Waals surface area contributed by atoms with Crippen molar-refractivity contribution < 1.29 is 64.6 Å². The molecule has 3 aromatic carbocycles. The normalized spacial score (nSPS) is 31.6. The van der Waals surface area contributed by atoms with E-state index < -0.39 is 58.8 Å². The lowest BCUT2D eigenvalue weighted by Gasteiger charge is -2.49. The highest BCUT2D eigenvalue weighted by atomic mass is 16.8. The number of phenols is 6. The average Bonchev–Trinajstić information content (AvgIpc) is 3.16. The van der Waals surface area contributed by atoms with E-state index in [1.54, 1.807) is 0 Å². The molecule has 5 heterocycles. The summed E-state index contributed by atoms with van der Waals surface area (Å²) in [5, 5.41) is 85.2. The van der Waals surface area contributed by atoms with Crippen LogP contribution in [0.1, 0.15) is 33.9 Å². The molecule has 0 fully saturated rings. The third-order valence-electron chi connectivity index (χ3n) is 8.55. The molecule has 216 valence electrons. The Hall–Kier alpha value is -4.69. The van der Waals surface area contributed by atoms with Crippen LogP contribution < -0.4 is 9.47 Å². The summed E-state index contributed by atoms with van der Waals surface area (Å²) in [5.74, 6) is -8.53. The second-order valence-corrected chi connectivity index (χ2v) is 11.0. The van der Waals surface area contributed by atoms with Crippen molar-refractivity contribution in [3.05, 3.63) is 69.8 Å². The fraction of sp³-hybridized carbons (Fsp3) is 0.276. The van der Waals surface area contributed by atoms with Crippen molar-refractivity contribution in [1.82, 2.24) is 0 Å². The molecule has 42 heavy (non-hydrogen) atoms. The summed E-state index contributed by atoms with van der Waals surface area (Å²) in [6.45, 7) is 0. The van der Waals surface area contributed by atoms with E-state index in [0.29, 0.717) is 0 Å². The van der Waals surface area contributed by atoms with Crippen LogP contribution in [0.5, 0.6) is 46.0 Å². The molecule has 0 saturated heterocycles. The van der Waals surface area contributed by atoms with E-state index in [9.17, 15) is 45.6 Å². The van der Waals surface area contributed by atoms with Gasteiger partial charge in [-0.15, -0.1) is 0 Å². The summed E-state index contributed by atoms with van der Waals surface area (Å²) in [6.07, 6.45) is -3.95. The largest absolute Gasteiger partial charge is 0.508 e. The van der Waals surface area contributed by atoms with Crippen molar-refractivity contribution in [2.24, 2.45) is 0 Å². The highest BCUT2D eigenvalue weighted by Gasteiger charge is 2.70. The Bertz CT molecular complexity index is 1800. The monoisotopic (exact) mass is 578 g/mol. The van der Waals surface area contributed by atoms with Gasteiger partial charge in [-0.25, -0.2) is 0 Å². The molecule has 0 amide bonds. The molecule has 8 N–H and O–H groups in total. The van der Waals surface area contributed by atoms with Crippen LogP contribution in [0.25, 0.3) is 0 Å². The van der Waals surface area contributed by atoms with Gasteiger partial charge in [0.05, 0.1) is 11.7 Å². The Kier molecular flexibility index (Phi) is 4.64. The Balaban J connectivity index is 1.34. The smallest absolute Gasteiger partial charge is 0.265 e. The average molecular weight is 578 g/mol. The predicted molar refractivity (Wildman–Crippen MR) is 135 cm³/mol. The maximum Gasteiger partial charge on any atom is 0.265 e. The van der Waals surface area contributed by atoms with Gasteiger partial charge in [0.25, 0.3) is 5.79 Å². The van der Waals surface area contributed by atoms with Crippen LogP contribution in [-0.2, 0) is 38.7 Å². The molecule has 0 radical (unpaired) electrons. The Morgan fingerprint density at radius 1 is 0.762 bits per heavy atom. The number of benzene rings is 3. The number of carbonyl (C=O) groups excluding carboxylic acids is 1. The van der Waals surface area contributed by atoms with E-state index in [1.165, 1.54) is 18.2 Å². The van der Waals surface area contributed by atoms with Crippen LogP contribution >= 0.6 is 0 Å². The van der Waals surface area contributed by atoms with Gasteiger partial charge < -0.3 is 55.1 Å². The summed E-state index contributed by atoms with van der Waals surface area (Å²) >= 11 is 0. The van der Waals surface area contributed by atoms with Gasteiger partial charge >= 0.3 is 0 Å². The minimum atomic E-state index is -2.80. The second kappa shape index (κ2) is 7.77. The number of aromatic hydroxyl groups is 6. The molecule has 5 aliphatic heterocycles. The molecule has 6 unspecified atom stereocenters.